The molecule has 1 rings (SSSR count). The fourth-order valence-corrected chi connectivity index (χ4v) is 2.36. The molecule has 0 aliphatic rings. The molecule has 0 bridgehead atoms. The fraction of sp³-hybridized carbons (Fsp3) is 0.231. The third kappa shape index (κ3) is 3.43. The molecule has 0 aromatic heterocycles. The summed E-state index contributed by atoms with van der Waals surface area (Å²) in [5.74, 6) is -1.75. The van der Waals surface area contributed by atoms with E-state index in [1.807, 2.05) is 6.92 Å². The van der Waals surface area contributed by atoms with Crippen molar-refractivity contribution in [1.29, 1.82) is 5.41 Å². The number of nitrogens with one attached hydrogen (secondary N) is 1. The molecule has 0 saturated heterocycles. The van der Waals surface area contributed by atoms with E-state index in [9.17, 15) is 9.18 Å². The highest BCUT2D eigenvalue weighted by Crippen LogP contribution is 2.31. The van der Waals surface area contributed by atoms with Crippen LogP contribution in [0.1, 0.15) is 30.6 Å². The van der Waals surface area contributed by atoms with Crippen molar-refractivity contribution in [3.05, 3.63) is 40.6 Å². The Morgan fingerprint density at radius 1 is 1.56 bits per heavy atom. The Hall–Kier alpha value is -1.62. The number of carbonyl (C=O) groups is 1. The summed E-state index contributed by atoms with van der Waals surface area (Å²) in [6.07, 6.45) is 2.32. The Morgan fingerprint density at radius 3 is 2.72 bits per heavy atom. The quantitative estimate of drug-likeness (QED) is 0.627. The predicted octanol–water partition coefficient (Wildman–Crippen LogP) is 3.95. The van der Waals surface area contributed by atoms with Crippen molar-refractivity contribution in [3.8, 4) is 0 Å². The first-order valence-corrected chi connectivity index (χ1v) is 6.26. The highest BCUT2D eigenvalue weighted by molar-refractivity contribution is 8.04. The average molecular weight is 267 g/mol. The summed E-state index contributed by atoms with van der Waals surface area (Å²) in [6, 6.07) is 3.64. The van der Waals surface area contributed by atoms with E-state index in [4.69, 9.17) is 10.5 Å². The van der Waals surface area contributed by atoms with Crippen LogP contribution in [0, 0.1) is 11.2 Å². The van der Waals surface area contributed by atoms with Gasteiger partial charge in [0.1, 0.15) is 5.82 Å². The Labute approximate surface area is 109 Å². The summed E-state index contributed by atoms with van der Waals surface area (Å²) in [5.41, 5.74) is 0.353. The predicted molar refractivity (Wildman–Crippen MR) is 71.0 cm³/mol. The SMILES string of the molecule is CC=C(Sc1ccc(F)cc1C(=O)O)C(=N)CC. The number of rotatable bonds is 5. The van der Waals surface area contributed by atoms with Gasteiger partial charge in [0.2, 0.25) is 0 Å². The Bertz CT molecular complexity index is 512. The molecule has 18 heavy (non-hydrogen) atoms. The normalized spacial score (nSPS) is 11.4. The molecule has 0 amide bonds. The van der Waals surface area contributed by atoms with Crippen LogP contribution in [0.5, 0.6) is 0 Å². The van der Waals surface area contributed by atoms with Gasteiger partial charge in [-0.25, -0.2) is 9.18 Å². The number of halogens is 1. The smallest absolute Gasteiger partial charge is 0.336 e. The maximum atomic E-state index is 13.0. The van der Waals surface area contributed by atoms with Crippen LogP contribution in [0.3, 0.4) is 0 Å². The lowest BCUT2D eigenvalue weighted by Gasteiger charge is -2.09. The van der Waals surface area contributed by atoms with Crippen LogP contribution in [-0.2, 0) is 0 Å². The summed E-state index contributed by atoms with van der Waals surface area (Å²) in [4.78, 5) is 12.2. The zero-order valence-electron chi connectivity index (χ0n) is 10.2. The summed E-state index contributed by atoms with van der Waals surface area (Å²) >= 11 is 1.17. The molecule has 0 fully saturated rings. The highest BCUT2D eigenvalue weighted by atomic mass is 32.2. The van der Waals surface area contributed by atoms with E-state index in [0.717, 1.165) is 6.07 Å². The average Bonchev–Trinajstić information content (AvgIpc) is 2.36. The van der Waals surface area contributed by atoms with Crippen LogP contribution in [0.25, 0.3) is 0 Å². The number of thioether (sulfide) groups is 1. The van der Waals surface area contributed by atoms with Crippen LogP contribution in [0.2, 0.25) is 0 Å². The zero-order valence-corrected chi connectivity index (χ0v) is 11.0. The molecule has 0 radical (unpaired) electrons. The van der Waals surface area contributed by atoms with Gasteiger partial charge in [-0.05, 0) is 31.5 Å². The number of aromatic carboxylic acids is 1. The molecule has 0 atom stereocenters. The standard InChI is InChI=1S/C13H14FNO2S/c1-3-10(15)11(4-2)18-12-6-5-8(14)7-9(12)13(16)17/h4-7,15H,3H2,1-2H3,(H,16,17). The van der Waals surface area contributed by atoms with Crippen molar-refractivity contribution >= 4 is 23.4 Å². The van der Waals surface area contributed by atoms with E-state index >= 15 is 0 Å². The lowest BCUT2D eigenvalue weighted by Crippen LogP contribution is -2.02. The highest BCUT2D eigenvalue weighted by Gasteiger charge is 2.14. The van der Waals surface area contributed by atoms with Gasteiger partial charge in [-0.15, -0.1) is 0 Å². The third-order valence-corrected chi connectivity index (χ3v) is 3.58. The summed E-state index contributed by atoms with van der Waals surface area (Å²) in [7, 11) is 0. The summed E-state index contributed by atoms with van der Waals surface area (Å²) in [5, 5.41) is 16.8. The first-order valence-electron chi connectivity index (χ1n) is 5.44. The molecular weight excluding hydrogens is 253 g/mol. The van der Waals surface area contributed by atoms with Crippen molar-refractivity contribution in [1.82, 2.24) is 0 Å². The lowest BCUT2D eigenvalue weighted by molar-refractivity contribution is 0.0692. The van der Waals surface area contributed by atoms with Crippen LogP contribution in [0.4, 0.5) is 4.39 Å². The molecular formula is C13H14FNO2S. The monoisotopic (exact) mass is 267 g/mol. The molecule has 3 nitrogen and oxygen atoms in total. The molecule has 2 N–H and O–H groups in total. The summed E-state index contributed by atoms with van der Waals surface area (Å²) < 4.78 is 13.0. The van der Waals surface area contributed by atoms with Gasteiger partial charge in [-0.1, -0.05) is 24.8 Å². The van der Waals surface area contributed by atoms with Crippen molar-refractivity contribution in [2.45, 2.75) is 25.2 Å². The van der Waals surface area contributed by atoms with E-state index in [1.165, 1.54) is 23.9 Å². The lowest BCUT2D eigenvalue weighted by atomic mass is 10.2. The number of hydrogen-bond acceptors (Lipinski definition) is 3. The second kappa shape index (κ2) is 6.35. The molecule has 0 aliphatic carbocycles. The third-order valence-electron chi connectivity index (χ3n) is 2.31. The van der Waals surface area contributed by atoms with E-state index in [0.29, 0.717) is 21.9 Å². The minimum Gasteiger partial charge on any atom is -0.478 e. The minimum absolute atomic E-state index is 0.0803. The second-order valence-corrected chi connectivity index (χ2v) is 4.62. The van der Waals surface area contributed by atoms with Crippen LogP contribution < -0.4 is 0 Å². The minimum atomic E-state index is -1.17. The first kappa shape index (κ1) is 14.4. The molecule has 0 unspecified atom stereocenters. The Kier molecular flexibility index (Phi) is 5.09. The molecule has 1 aromatic rings. The van der Waals surface area contributed by atoms with Crippen LogP contribution >= 0.6 is 11.8 Å². The number of allylic oxidation sites excluding steroid dienone is 2. The van der Waals surface area contributed by atoms with Crippen LogP contribution in [-0.4, -0.2) is 16.8 Å². The molecule has 0 aliphatic heterocycles. The largest absolute Gasteiger partial charge is 0.478 e. The van der Waals surface area contributed by atoms with Gasteiger partial charge in [-0.2, -0.15) is 0 Å². The van der Waals surface area contributed by atoms with Gasteiger partial charge >= 0.3 is 5.97 Å². The second-order valence-electron chi connectivity index (χ2n) is 3.53. The van der Waals surface area contributed by atoms with Crippen molar-refractivity contribution in [2.24, 2.45) is 0 Å². The van der Waals surface area contributed by atoms with Crippen molar-refractivity contribution in [2.75, 3.05) is 0 Å². The van der Waals surface area contributed by atoms with Gasteiger partial charge in [-0.3, -0.25) is 0 Å². The van der Waals surface area contributed by atoms with E-state index < -0.39 is 11.8 Å². The number of carboxylic acids is 1. The maximum absolute atomic E-state index is 13.0. The molecule has 0 spiro atoms. The maximum Gasteiger partial charge on any atom is 0.336 e. The van der Waals surface area contributed by atoms with Crippen LogP contribution in [0.15, 0.2) is 34.1 Å². The zero-order chi connectivity index (χ0) is 13.7. The fourth-order valence-electron chi connectivity index (χ4n) is 1.35. The molecule has 96 valence electrons. The summed E-state index contributed by atoms with van der Waals surface area (Å²) in [6.45, 7) is 3.64. The van der Waals surface area contributed by atoms with Gasteiger partial charge in [0.05, 0.1) is 5.56 Å². The van der Waals surface area contributed by atoms with Crippen molar-refractivity contribution < 1.29 is 14.3 Å². The van der Waals surface area contributed by atoms with Gasteiger partial charge in [0, 0.05) is 15.5 Å². The molecule has 0 saturated carbocycles. The van der Waals surface area contributed by atoms with Crippen molar-refractivity contribution in [3.63, 3.8) is 0 Å². The van der Waals surface area contributed by atoms with Gasteiger partial charge in [0.25, 0.3) is 0 Å². The van der Waals surface area contributed by atoms with Gasteiger partial charge < -0.3 is 10.5 Å². The number of hydrogen-bond donors (Lipinski definition) is 2. The molecule has 1 aromatic carbocycles. The Balaban J connectivity index is 3.11. The number of carboxylic acid groups (broad SMARTS) is 1. The first-order chi connectivity index (χ1) is 8.49. The molecule has 5 heteroatoms. The van der Waals surface area contributed by atoms with E-state index in [-0.39, 0.29) is 5.56 Å². The number of benzene rings is 1. The van der Waals surface area contributed by atoms with E-state index in [1.54, 1.807) is 13.0 Å². The Morgan fingerprint density at radius 2 is 2.22 bits per heavy atom. The molecule has 0 heterocycles. The van der Waals surface area contributed by atoms with E-state index in [2.05, 4.69) is 0 Å². The topological polar surface area (TPSA) is 61.1 Å². The van der Waals surface area contributed by atoms with Gasteiger partial charge in [0.15, 0.2) is 0 Å².